The molecule has 0 spiro atoms. The smallest absolute Gasteiger partial charge is 0.250 e. The summed E-state index contributed by atoms with van der Waals surface area (Å²) < 4.78 is 0. The predicted molar refractivity (Wildman–Crippen MR) is 50.0 cm³/mol. The second kappa shape index (κ2) is 4.58. The molecule has 0 radical (unpaired) electrons. The van der Waals surface area contributed by atoms with Gasteiger partial charge in [-0.3, -0.25) is 9.63 Å². The lowest BCUT2D eigenvalue weighted by Gasteiger charge is -2.31. The summed E-state index contributed by atoms with van der Waals surface area (Å²) in [6.45, 7) is 3.06. The SMILES string of the molecule is CON(C)C(=O)[C@@H]1CCCN[C@@H]1C. The van der Waals surface area contributed by atoms with Crippen LogP contribution in [0.1, 0.15) is 19.8 Å². The molecule has 2 atom stereocenters. The van der Waals surface area contributed by atoms with Gasteiger partial charge in [-0.25, -0.2) is 5.06 Å². The quantitative estimate of drug-likeness (QED) is 0.634. The van der Waals surface area contributed by atoms with Crippen molar-refractivity contribution >= 4 is 5.91 Å². The van der Waals surface area contributed by atoms with Gasteiger partial charge in [0.2, 0.25) is 0 Å². The van der Waals surface area contributed by atoms with E-state index in [1.54, 1.807) is 7.05 Å². The van der Waals surface area contributed by atoms with E-state index in [4.69, 9.17) is 4.84 Å². The van der Waals surface area contributed by atoms with Gasteiger partial charge in [0, 0.05) is 13.1 Å². The third kappa shape index (κ3) is 2.42. The van der Waals surface area contributed by atoms with Gasteiger partial charge < -0.3 is 5.32 Å². The fraction of sp³-hybridized carbons (Fsp3) is 0.889. The van der Waals surface area contributed by atoms with Gasteiger partial charge >= 0.3 is 0 Å². The van der Waals surface area contributed by atoms with Crippen LogP contribution >= 0.6 is 0 Å². The Labute approximate surface area is 79.2 Å². The van der Waals surface area contributed by atoms with Crippen LogP contribution in [-0.4, -0.2) is 37.7 Å². The summed E-state index contributed by atoms with van der Waals surface area (Å²) in [7, 11) is 3.17. The predicted octanol–water partition coefficient (Wildman–Crippen LogP) is 0.394. The number of nitrogens with zero attached hydrogens (tertiary/aromatic N) is 1. The van der Waals surface area contributed by atoms with Gasteiger partial charge in [-0.15, -0.1) is 0 Å². The maximum Gasteiger partial charge on any atom is 0.250 e. The molecule has 0 aromatic rings. The molecule has 0 aromatic carbocycles. The lowest BCUT2D eigenvalue weighted by Crippen LogP contribution is -2.46. The molecule has 1 aliphatic heterocycles. The first-order chi connectivity index (χ1) is 6.16. The monoisotopic (exact) mass is 186 g/mol. The normalized spacial score (nSPS) is 28.5. The number of carbonyl (C=O) groups excluding carboxylic acids is 1. The van der Waals surface area contributed by atoms with E-state index in [-0.39, 0.29) is 17.9 Å². The molecule has 0 unspecified atom stereocenters. The van der Waals surface area contributed by atoms with E-state index in [0.717, 1.165) is 19.4 Å². The molecule has 1 aliphatic rings. The summed E-state index contributed by atoms with van der Waals surface area (Å²) in [5, 5.41) is 4.60. The third-order valence-electron chi connectivity index (χ3n) is 2.66. The molecular formula is C9H18N2O2. The molecule has 0 aliphatic carbocycles. The molecule has 13 heavy (non-hydrogen) atoms. The van der Waals surface area contributed by atoms with Crippen LogP contribution in [0.2, 0.25) is 0 Å². The van der Waals surface area contributed by atoms with Crippen molar-refractivity contribution in [1.29, 1.82) is 0 Å². The highest BCUT2D eigenvalue weighted by Gasteiger charge is 2.29. The second-order valence-electron chi connectivity index (χ2n) is 3.51. The molecular weight excluding hydrogens is 168 g/mol. The van der Waals surface area contributed by atoms with Crippen molar-refractivity contribution in [2.24, 2.45) is 5.92 Å². The van der Waals surface area contributed by atoms with Crippen LogP contribution in [0.4, 0.5) is 0 Å². The van der Waals surface area contributed by atoms with Gasteiger partial charge in [0.1, 0.15) is 0 Å². The highest BCUT2D eigenvalue weighted by Crippen LogP contribution is 2.18. The minimum Gasteiger partial charge on any atom is -0.313 e. The van der Waals surface area contributed by atoms with Crippen molar-refractivity contribution in [2.45, 2.75) is 25.8 Å². The van der Waals surface area contributed by atoms with E-state index in [9.17, 15) is 4.79 Å². The lowest BCUT2D eigenvalue weighted by molar-refractivity contribution is -0.175. The van der Waals surface area contributed by atoms with Crippen LogP contribution in [-0.2, 0) is 9.63 Å². The zero-order valence-electron chi connectivity index (χ0n) is 8.54. The molecule has 1 fully saturated rings. The molecule has 0 saturated carbocycles. The van der Waals surface area contributed by atoms with E-state index in [0.29, 0.717) is 0 Å². The van der Waals surface area contributed by atoms with Gasteiger partial charge in [0.15, 0.2) is 0 Å². The molecule has 1 rings (SSSR count). The number of hydrogen-bond acceptors (Lipinski definition) is 3. The number of hydroxylamine groups is 2. The highest BCUT2D eigenvalue weighted by atomic mass is 16.7. The van der Waals surface area contributed by atoms with E-state index in [2.05, 4.69) is 5.32 Å². The third-order valence-corrected chi connectivity index (χ3v) is 2.66. The van der Waals surface area contributed by atoms with Crippen molar-refractivity contribution in [3.8, 4) is 0 Å². The first kappa shape index (κ1) is 10.5. The Kier molecular flexibility index (Phi) is 3.69. The van der Waals surface area contributed by atoms with Crippen LogP contribution in [0.15, 0.2) is 0 Å². The van der Waals surface area contributed by atoms with Crippen LogP contribution in [0.3, 0.4) is 0 Å². The molecule has 0 aromatic heterocycles. The first-order valence-electron chi connectivity index (χ1n) is 4.72. The molecule has 1 saturated heterocycles. The Bertz CT molecular complexity index is 184. The summed E-state index contributed by atoms with van der Waals surface area (Å²) in [5.74, 6) is 0.140. The number of rotatable bonds is 2. The van der Waals surface area contributed by atoms with Crippen LogP contribution in [0, 0.1) is 5.92 Å². The Balaban J connectivity index is 2.53. The van der Waals surface area contributed by atoms with Crippen molar-refractivity contribution in [2.75, 3.05) is 20.7 Å². The van der Waals surface area contributed by atoms with Crippen molar-refractivity contribution in [1.82, 2.24) is 10.4 Å². The topological polar surface area (TPSA) is 41.6 Å². The molecule has 1 N–H and O–H groups in total. The maximum atomic E-state index is 11.7. The molecule has 1 heterocycles. The van der Waals surface area contributed by atoms with Gasteiger partial charge in [-0.2, -0.15) is 0 Å². The summed E-state index contributed by atoms with van der Waals surface area (Å²) in [5.41, 5.74) is 0. The zero-order chi connectivity index (χ0) is 9.84. The fourth-order valence-corrected chi connectivity index (χ4v) is 1.70. The maximum absolute atomic E-state index is 11.7. The second-order valence-corrected chi connectivity index (χ2v) is 3.51. The zero-order valence-corrected chi connectivity index (χ0v) is 8.54. The molecule has 4 nitrogen and oxygen atoms in total. The van der Waals surface area contributed by atoms with Gasteiger partial charge in [-0.1, -0.05) is 0 Å². The first-order valence-corrected chi connectivity index (χ1v) is 4.72. The lowest BCUT2D eigenvalue weighted by atomic mass is 9.91. The molecule has 0 bridgehead atoms. The van der Waals surface area contributed by atoms with Crippen LogP contribution < -0.4 is 5.32 Å². The Morgan fingerprint density at radius 1 is 1.62 bits per heavy atom. The number of hydrogen-bond donors (Lipinski definition) is 1. The standard InChI is InChI=1S/C9H18N2O2/c1-7-8(5-4-6-10-7)9(12)11(2)13-3/h7-8,10H,4-6H2,1-3H3/t7-,8-/m1/s1. The van der Waals surface area contributed by atoms with Gasteiger partial charge in [0.05, 0.1) is 13.0 Å². The Morgan fingerprint density at radius 2 is 2.31 bits per heavy atom. The summed E-state index contributed by atoms with van der Waals surface area (Å²) in [4.78, 5) is 16.6. The fourth-order valence-electron chi connectivity index (χ4n) is 1.70. The van der Waals surface area contributed by atoms with Gasteiger partial charge in [0.25, 0.3) is 5.91 Å². The van der Waals surface area contributed by atoms with Crippen molar-refractivity contribution < 1.29 is 9.63 Å². The number of piperidine rings is 1. The summed E-state index contributed by atoms with van der Waals surface area (Å²) in [6, 6.07) is 0.263. The number of amides is 1. The average Bonchev–Trinajstić information content (AvgIpc) is 2.16. The minimum absolute atomic E-state index is 0.0682. The van der Waals surface area contributed by atoms with Gasteiger partial charge in [-0.05, 0) is 26.3 Å². The average molecular weight is 186 g/mol. The Morgan fingerprint density at radius 3 is 2.85 bits per heavy atom. The minimum atomic E-state index is 0.0682. The highest BCUT2D eigenvalue weighted by molar-refractivity contribution is 5.78. The molecule has 76 valence electrons. The number of carbonyl (C=O) groups is 1. The Hall–Kier alpha value is -0.610. The van der Waals surface area contributed by atoms with Crippen molar-refractivity contribution in [3.05, 3.63) is 0 Å². The number of nitrogens with one attached hydrogen (secondary N) is 1. The van der Waals surface area contributed by atoms with E-state index < -0.39 is 0 Å². The molecule has 1 amide bonds. The van der Waals surface area contributed by atoms with E-state index in [1.807, 2.05) is 6.92 Å². The van der Waals surface area contributed by atoms with Crippen LogP contribution in [0.25, 0.3) is 0 Å². The largest absolute Gasteiger partial charge is 0.313 e. The molecule has 4 heteroatoms. The summed E-state index contributed by atoms with van der Waals surface area (Å²) in [6.07, 6.45) is 2.03. The van der Waals surface area contributed by atoms with Crippen molar-refractivity contribution in [3.63, 3.8) is 0 Å². The van der Waals surface area contributed by atoms with E-state index in [1.165, 1.54) is 12.2 Å². The van der Waals surface area contributed by atoms with E-state index >= 15 is 0 Å². The summed E-state index contributed by atoms with van der Waals surface area (Å²) >= 11 is 0. The van der Waals surface area contributed by atoms with Crippen LogP contribution in [0.5, 0.6) is 0 Å².